The van der Waals surface area contributed by atoms with Gasteiger partial charge < -0.3 is 24.8 Å². The molecule has 0 N–H and O–H groups in total. The third kappa shape index (κ3) is 5.21. The van der Waals surface area contributed by atoms with Crippen LogP contribution in [0, 0.1) is 0 Å². The summed E-state index contributed by atoms with van der Waals surface area (Å²) < 4.78 is 2.42. The van der Waals surface area contributed by atoms with Crippen LogP contribution in [0.1, 0.15) is 59.1 Å². The van der Waals surface area contributed by atoms with Crippen molar-refractivity contribution in [2.75, 3.05) is 0 Å². The number of hydrogen-bond acceptors (Lipinski definition) is 1. The quantitative estimate of drug-likeness (QED) is 0.619. The summed E-state index contributed by atoms with van der Waals surface area (Å²) in [6.45, 7) is 14.6. The Morgan fingerprint density at radius 2 is 1.57 bits per heavy atom. The third-order valence-electron chi connectivity index (χ3n) is 4.58. The van der Waals surface area contributed by atoms with Crippen molar-refractivity contribution in [3.63, 3.8) is 0 Å². The molecule has 0 heterocycles. The first-order chi connectivity index (χ1) is 9.71. The summed E-state index contributed by atoms with van der Waals surface area (Å²) >= 11 is 2.21. The average Bonchev–Trinajstić information content (AvgIpc) is 2.66. The number of rotatable bonds is 3. The Labute approximate surface area is 166 Å². The molecule has 1 nitrogen and oxygen atoms in total. The molecule has 0 radical (unpaired) electrons. The molecule has 1 aromatic carbocycles. The average molecular weight is 387 g/mol. The third-order valence-corrected chi connectivity index (χ3v) is 5.87. The number of nitrogens with zero attached hydrogens (tertiary/aromatic N) is 1. The van der Waals surface area contributed by atoms with Crippen LogP contribution >= 0.6 is 0 Å². The number of benzene rings is 1. The van der Waals surface area contributed by atoms with E-state index in [0.29, 0.717) is 0 Å². The number of allylic oxidation sites excluding steroid dienone is 4. The summed E-state index contributed by atoms with van der Waals surface area (Å²) in [6, 6.07) is 8.89. The molecule has 1 aliphatic carbocycles. The second kappa shape index (κ2) is 8.88. The van der Waals surface area contributed by atoms with Gasteiger partial charge in [-0.2, -0.15) is 0 Å². The Morgan fingerprint density at radius 3 is 2.04 bits per heavy atom. The molecule has 0 amide bonds. The van der Waals surface area contributed by atoms with Gasteiger partial charge >= 0.3 is 142 Å². The molecule has 125 valence electrons. The van der Waals surface area contributed by atoms with Crippen molar-refractivity contribution in [3.8, 4) is 0 Å². The molecule has 4 heteroatoms. The molecule has 0 bridgehead atoms. The van der Waals surface area contributed by atoms with Gasteiger partial charge in [-0.25, -0.2) is 0 Å². The summed E-state index contributed by atoms with van der Waals surface area (Å²) in [6.07, 6.45) is 1.11. The smallest absolute Gasteiger partial charge is 1.00 e. The van der Waals surface area contributed by atoms with Crippen LogP contribution in [-0.4, -0.2) is 8.92 Å². The van der Waals surface area contributed by atoms with Crippen molar-refractivity contribution in [1.29, 1.82) is 0 Å². The van der Waals surface area contributed by atoms with Gasteiger partial charge in [-0.3, -0.25) is 0 Å². The van der Waals surface area contributed by atoms with Crippen LogP contribution in [0.2, 0.25) is 0 Å². The molecule has 0 fully saturated rings. The van der Waals surface area contributed by atoms with E-state index in [0.717, 1.165) is 13.0 Å². The Morgan fingerprint density at radius 1 is 1.00 bits per heavy atom. The van der Waals surface area contributed by atoms with Gasteiger partial charge in [0, 0.05) is 0 Å². The standard InChI is InChI=1S/C19H26N.2ClH.Ti/c1-13-11-18(15(3)14(13)2)17-10-8-7-9-16(17)12-20-19(4,5)6;;;/h7-10H,11-12H2,1-6H3;2*1H;/q-1;;;+3/p-2. The van der Waals surface area contributed by atoms with Crippen LogP contribution in [0.5, 0.6) is 0 Å². The molecule has 2 rings (SSSR count). The van der Waals surface area contributed by atoms with Crippen LogP contribution in [0.15, 0.2) is 41.0 Å². The van der Waals surface area contributed by atoms with E-state index in [4.69, 9.17) is 0 Å². The van der Waals surface area contributed by atoms with Crippen LogP contribution in [-0.2, 0) is 27.2 Å². The fraction of sp³-hybridized carbons (Fsp3) is 0.474. The van der Waals surface area contributed by atoms with Crippen molar-refractivity contribution in [2.24, 2.45) is 0 Å². The minimum Gasteiger partial charge on any atom is -1.00 e. The van der Waals surface area contributed by atoms with Gasteiger partial charge in [-0.1, -0.05) is 0 Å². The Hall–Kier alpha value is -0.0457. The maximum Gasteiger partial charge on any atom is -1.00 e. The van der Waals surface area contributed by atoms with Gasteiger partial charge in [0.25, 0.3) is 0 Å². The van der Waals surface area contributed by atoms with Crippen molar-refractivity contribution in [1.82, 2.24) is 3.38 Å². The Kier molecular flexibility index (Phi) is 8.86. The maximum atomic E-state index is 2.42. The van der Waals surface area contributed by atoms with Gasteiger partial charge in [0.05, 0.1) is 0 Å². The number of hydrogen-bond donors (Lipinski definition) is 0. The first-order valence-corrected chi connectivity index (χ1v) is 8.35. The fourth-order valence-electron chi connectivity index (χ4n) is 2.73. The first kappa shape index (κ1) is 23.0. The molecule has 1 aromatic rings. The minimum absolute atomic E-state index is 0. The monoisotopic (exact) mass is 386 g/mol. The zero-order chi connectivity index (χ0) is 15.8. The SMILES string of the molecule is CC1=C(C)C(C)=C(c2ccccc2C[N]([Ti+2])C(C)(C)C)C1.[Cl-].[Cl-]. The van der Waals surface area contributed by atoms with Crippen molar-refractivity contribution in [2.45, 2.75) is 60.0 Å². The van der Waals surface area contributed by atoms with Crippen molar-refractivity contribution < 1.29 is 45.5 Å². The molecule has 0 unspecified atom stereocenters. The van der Waals surface area contributed by atoms with Gasteiger partial charge in [0.15, 0.2) is 0 Å². The van der Waals surface area contributed by atoms with E-state index < -0.39 is 0 Å². The second-order valence-electron chi connectivity index (χ2n) is 7.10. The molecule has 1 aliphatic rings. The second-order valence-corrected chi connectivity index (χ2v) is 7.94. The summed E-state index contributed by atoms with van der Waals surface area (Å²) in [5.74, 6) is 0. The van der Waals surface area contributed by atoms with E-state index in [2.05, 4.69) is 89.9 Å². The molecule has 23 heavy (non-hydrogen) atoms. The van der Waals surface area contributed by atoms with E-state index in [1.165, 1.54) is 33.4 Å². The largest absolute Gasteiger partial charge is 1.00 e. The molecule has 0 saturated heterocycles. The first-order valence-electron chi connectivity index (χ1n) is 7.65. The normalized spacial score (nSPS) is 15.0. The summed E-state index contributed by atoms with van der Waals surface area (Å²) in [5, 5.41) is 0. The van der Waals surface area contributed by atoms with Crippen molar-refractivity contribution in [3.05, 3.63) is 52.1 Å². The zero-order valence-electron chi connectivity index (χ0n) is 14.9. The van der Waals surface area contributed by atoms with Gasteiger partial charge in [-0.05, 0) is 0 Å². The van der Waals surface area contributed by atoms with Crippen LogP contribution < -0.4 is 24.8 Å². The fourth-order valence-corrected chi connectivity index (χ4v) is 3.00. The summed E-state index contributed by atoms with van der Waals surface area (Å²) in [5.41, 5.74) is 9.04. The van der Waals surface area contributed by atoms with Crippen molar-refractivity contribution >= 4 is 5.57 Å². The molecule has 0 aromatic heterocycles. The van der Waals surface area contributed by atoms with E-state index in [1.807, 2.05) is 0 Å². The predicted octanol–water partition coefficient (Wildman–Crippen LogP) is -0.729. The molecule has 0 spiro atoms. The topological polar surface area (TPSA) is 3.24 Å². The molecule has 0 atom stereocenters. The van der Waals surface area contributed by atoms with Crippen LogP contribution in [0.3, 0.4) is 0 Å². The maximum absolute atomic E-state index is 2.42. The number of halogens is 2. The molecule has 0 aliphatic heterocycles. The van der Waals surface area contributed by atoms with Gasteiger partial charge in [0.2, 0.25) is 0 Å². The Balaban J connectivity index is 0.00000242. The van der Waals surface area contributed by atoms with E-state index in [1.54, 1.807) is 0 Å². The summed E-state index contributed by atoms with van der Waals surface area (Å²) in [7, 11) is 0. The van der Waals surface area contributed by atoms with E-state index in [9.17, 15) is 0 Å². The minimum atomic E-state index is 0. The Bertz CT molecular complexity index is 612. The molecule has 0 saturated carbocycles. The van der Waals surface area contributed by atoms with Crippen LogP contribution in [0.25, 0.3) is 5.57 Å². The zero-order valence-corrected chi connectivity index (χ0v) is 18.0. The van der Waals surface area contributed by atoms with Crippen LogP contribution in [0.4, 0.5) is 0 Å². The summed E-state index contributed by atoms with van der Waals surface area (Å²) in [4.78, 5) is 0. The van der Waals surface area contributed by atoms with Gasteiger partial charge in [-0.15, -0.1) is 0 Å². The molecular weight excluding hydrogens is 361 g/mol. The predicted molar refractivity (Wildman–Crippen MR) is 87.3 cm³/mol. The van der Waals surface area contributed by atoms with E-state index >= 15 is 0 Å². The van der Waals surface area contributed by atoms with E-state index in [-0.39, 0.29) is 30.4 Å². The van der Waals surface area contributed by atoms with Gasteiger partial charge in [0.1, 0.15) is 0 Å². The molecular formula is C19H26Cl2NTi.